The van der Waals surface area contributed by atoms with E-state index in [4.69, 9.17) is 0 Å². The molecule has 0 amide bonds. The lowest BCUT2D eigenvalue weighted by molar-refractivity contribution is 0.441. The van der Waals surface area contributed by atoms with Gasteiger partial charge < -0.3 is 10.6 Å². The maximum Gasteiger partial charge on any atom is 0.00712 e. The van der Waals surface area contributed by atoms with Crippen molar-refractivity contribution in [2.24, 2.45) is 5.92 Å². The fourth-order valence-electron chi connectivity index (χ4n) is 2.06. The highest BCUT2D eigenvalue weighted by atomic mass is 15.0. The Balaban J connectivity index is 1.91. The Bertz CT molecular complexity index is 102. The fourth-order valence-corrected chi connectivity index (χ4v) is 2.06. The highest BCUT2D eigenvalue weighted by molar-refractivity contribution is 4.84. The molecule has 0 aliphatic carbocycles. The maximum atomic E-state index is 3.56. The Morgan fingerprint density at radius 2 is 2.20 bits per heavy atom. The van der Waals surface area contributed by atoms with Gasteiger partial charge in [0.05, 0.1) is 0 Å². The highest BCUT2D eigenvalue weighted by Gasteiger charge is 2.24. The largest absolute Gasteiger partial charge is 0.316 e. The predicted molar refractivity (Wildman–Crippen MR) is 42.0 cm³/mol. The summed E-state index contributed by atoms with van der Waals surface area (Å²) in [5, 5.41) is 7.03. The Labute approximate surface area is 62.4 Å². The van der Waals surface area contributed by atoms with Crippen molar-refractivity contribution in [3.63, 3.8) is 0 Å². The van der Waals surface area contributed by atoms with Crippen LogP contribution in [0, 0.1) is 5.92 Å². The predicted octanol–water partition coefficient (Wildman–Crippen LogP) is 0.348. The quantitative estimate of drug-likeness (QED) is 0.507. The molecule has 0 radical (unpaired) electrons. The summed E-state index contributed by atoms with van der Waals surface area (Å²) in [7, 11) is 0. The standard InChI is InChI=1S/C8H16N2/c1-2-8-4-7(6-10-8)5-9-3-1/h7-10H,1-6H2. The van der Waals surface area contributed by atoms with Crippen LogP contribution >= 0.6 is 0 Å². The van der Waals surface area contributed by atoms with E-state index in [1.165, 1.54) is 38.9 Å². The molecule has 0 saturated carbocycles. The maximum absolute atomic E-state index is 3.56. The number of hydrogen-bond acceptors (Lipinski definition) is 2. The molecule has 0 aromatic heterocycles. The lowest BCUT2D eigenvalue weighted by Crippen LogP contribution is -2.26. The molecule has 58 valence electrons. The Kier molecular flexibility index (Phi) is 1.91. The number of hydrogen-bond donors (Lipinski definition) is 2. The summed E-state index contributed by atoms with van der Waals surface area (Å²) < 4.78 is 0. The SMILES string of the molecule is C1CNCC2CNC(C1)C2. The zero-order valence-electron chi connectivity index (χ0n) is 6.40. The molecule has 2 unspecified atom stereocenters. The molecule has 2 fully saturated rings. The number of fused-ring (bicyclic) bond motifs is 2. The van der Waals surface area contributed by atoms with Gasteiger partial charge >= 0.3 is 0 Å². The van der Waals surface area contributed by atoms with E-state index in [-0.39, 0.29) is 0 Å². The van der Waals surface area contributed by atoms with Crippen molar-refractivity contribution >= 4 is 0 Å². The number of rotatable bonds is 0. The van der Waals surface area contributed by atoms with Crippen LogP contribution in [0.15, 0.2) is 0 Å². The van der Waals surface area contributed by atoms with Crippen LogP contribution in [0.25, 0.3) is 0 Å². The van der Waals surface area contributed by atoms with Crippen LogP contribution in [-0.4, -0.2) is 25.7 Å². The van der Waals surface area contributed by atoms with E-state index < -0.39 is 0 Å². The van der Waals surface area contributed by atoms with Gasteiger partial charge in [0.15, 0.2) is 0 Å². The van der Waals surface area contributed by atoms with Gasteiger partial charge in [-0.3, -0.25) is 0 Å². The average molecular weight is 140 g/mol. The van der Waals surface area contributed by atoms with E-state index in [1.807, 2.05) is 0 Å². The second-order valence-corrected chi connectivity index (χ2v) is 3.55. The summed E-state index contributed by atoms with van der Waals surface area (Å²) >= 11 is 0. The molecule has 2 nitrogen and oxygen atoms in total. The van der Waals surface area contributed by atoms with E-state index in [1.54, 1.807) is 0 Å². The third-order valence-electron chi connectivity index (χ3n) is 2.65. The first-order chi connectivity index (χ1) is 4.95. The molecule has 0 spiro atoms. The smallest absolute Gasteiger partial charge is 0.00712 e. The van der Waals surface area contributed by atoms with Crippen molar-refractivity contribution in [2.75, 3.05) is 19.6 Å². The highest BCUT2D eigenvalue weighted by Crippen LogP contribution is 2.18. The van der Waals surface area contributed by atoms with E-state index in [0.717, 1.165) is 12.0 Å². The third kappa shape index (κ3) is 1.32. The molecule has 2 heterocycles. The summed E-state index contributed by atoms with van der Waals surface area (Å²) in [5.41, 5.74) is 0. The van der Waals surface area contributed by atoms with E-state index in [0.29, 0.717) is 0 Å². The first kappa shape index (κ1) is 6.62. The molecule has 2 aliphatic rings. The molecule has 2 bridgehead atoms. The Morgan fingerprint density at radius 3 is 3.20 bits per heavy atom. The van der Waals surface area contributed by atoms with Crippen LogP contribution in [0.5, 0.6) is 0 Å². The van der Waals surface area contributed by atoms with Gasteiger partial charge in [0.25, 0.3) is 0 Å². The van der Waals surface area contributed by atoms with Crippen molar-refractivity contribution < 1.29 is 0 Å². The topological polar surface area (TPSA) is 24.1 Å². The molecule has 2 atom stereocenters. The van der Waals surface area contributed by atoms with Gasteiger partial charge in [0, 0.05) is 6.04 Å². The molecule has 2 aliphatic heterocycles. The first-order valence-corrected chi connectivity index (χ1v) is 4.39. The summed E-state index contributed by atoms with van der Waals surface area (Å²) in [6, 6.07) is 0.854. The van der Waals surface area contributed by atoms with Crippen molar-refractivity contribution in [1.82, 2.24) is 10.6 Å². The van der Waals surface area contributed by atoms with Crippen molar-refractivity contribution in [3.8, 4) is 0 Å². The van der Waals surface area contributed by atoms with Crippen LogP contribution < -0.4 is 10.6 Å². The molecule has 10 heavy (non-hydrogen) atoms. The van der Waals surface area contributed by atoms with Gasteiger partial charge in [0.1, 0.15) is 0 Å². The van der Waals surface area contributed by atoms with Gasteiger partial charge in [-0.15, -0.1) is 0 Å². The molecule has 2 rings (SSSR count). The van der Waals surface area contributed by atoms with E-state index >= 15 is 0 Å². The zero-order chi connectivity index (χ0) is 6.81. The first-order valence-electron chi connectivity index (χ1n) is 4.39. The molecular weight excluding hydrogens is 124 g/mol. The summed E-state index contributed by atoms with van der Waals surface area (Å²) in [6.07, 6.45) is 4.14. The van der Waals surface area contributed by atoms with Gasteiger partial charge in [-0.1, -0.05) is 0 Å². The van der Waals surface area contributed by atoms with Crippen LogP contribution in [-0.2, 0) is 0 Å². The lowest BCUT2D eigenvalue weighted by Gasteiger charge is -2.15. The van der Waals surface area contributed by atoms with Crippen LogP contribution in [0.1, 0.15) is 19.3 Å². The van der Waals surface area contributed by atoms with Gasteiger partial charge in [0.2, 0.25) is 0 Å². The van der Waals surface area contributed by atoms with Crippen LogP contribution in [0.4, 0.5) is 0 Å². The van der Waals surface area contributed by atoms with Gasteiger partial charge in [-0.05, 0) is 44.8 Å². The molecule has 2 N–H and O–H groups in total. The number of nitrogens with one attached hydrogen (secondary N) is 2. The molecule has 2 saturated heterocycles. The minimum absolute atomic E-state index is 0.854. The summed E-state index contributed by atoms with van der Waals surface area (Å²) in [5.74, 6) is 0.922. The minimum Gasteiger partial charge on any atom is -0.316 e. The minimum atomic E-state index is 0.854. The van der Waals surface area contributed by atoms with Crippen LogP contribution in [0.3, 0.4) is 0 Å². The second-order valence-electron chi connectivity index (χ2n) is 3.55. The molecule has 2 heteroatoms. The Hall–Kier alpha value is -0.0800. The average Bonchev–Trinajstić information content (AvgIpc) is 2.30. The molecule has 0 aromatic rings. The Morgan fingerprint density at radius 1 is 1.20 bits per heavy atom. The van der Waals surface area contributed by atoms with Gasteiger partial charge in [-0.25, -0.2) is 0 Å². The lowest BCUT2D eigenvalue weighted by atomic mass is 10.0. The normalized spacial score (nSPS) is 40.8. The second kappa shape index (κ2) is 2.89. The van der Waals surface area contributed by atoms with Gasteiger partial charge in [-0.2, -0.15) is 0 Å². The van der Waals surface area contributed by atoms with E-state index in [9.17, 15) is 0 Å². The zero-order valence-corrected chi connectivity index (χ0v) is 6.40. The van der Waals surface area contributed by atoms with Crippen molar-refractivity contribution in [2.45, 2.75) is 25.3 Å². The van der Waals surface area contributed by atoms with Crippen molar-refractivity contribution in [1.29, 1.82) is 0 Å². The van der Waals surface area contributed by atoms with Crippen LogP contribution in [0.2, 0.25) is 0 Å². The monoisotopic (exact) mass is 140 g/mol. The molecule has 0 aromatic carbocycles. The van der Waals surface area contributed by atoms with Crippen molar-refractivity contribution in [3.05, 3.63) is 0 Å². The third-order valence-corrected chi connectivity index (χ3v) is 2.65. The molecular formula is C8H16N2. The summed E-state index contributed by atoms with van der Waals surface area (Å²) in [6.45, 7) is 3.72. The summed E-state index contributed by atoms with van der Waals surface area (Å²) in [4.78, 5) is 0. The fraction of sp³-hybridized carbons (Fsp3) is 1.00. The van der Waals surface area contributed by atoms with E-state index in [2.05, 4.69) is 10.6 Å².